The summed E-state index contributed by atoms with van der Waals surface area (Å²) in [6.07, 6.45) is 0. The molecule has 1 amide bonds. The third-order valence-electron chi connectivity index (χ3n) is 3.42. The van der Waals surface area contributed by atoms with E-state index >= 15 is 0 Å². The molecule has 3 N–H and O–H groups in total. The van der Waals surface area contributed by atoms with Crippen LogP contribution in [-0.4, -0.2) is 5.91 Å². The number of primary amides is 1. The van der Waals surface area contributed by atoms with Crippen LogP contribution in [0.2, 0.25) is 0 Å². The highest BCUT2D eigenvalue weighted by Gasteiger charge is 2.25. The second-order valence-corrected chi connectivity index (χ2v) is 7.25. The fourth-order valence-corrected chi connectivity index (χ4v) is 3.20. The van der Waals surface area contributed by atoms with Gasteiger partial charge in [0.15, 0.2) is 0 Å². The summed E-state index contributed by atoms with van der Waals surface area (Å²) >= 11 is 1.56. The Bertz CT molecular complexity index is 599. The summed E-state index contributed by atoms with van der Waals surface area (Å²) in [4.78, 5) is 12.3. The van der Waals surface area contributed by atoms with Gasteiger partial charge in [-0.05, 0) is 17.0 Å². The predicted molar refractivity (Wildman–Crippen MR) is 88.3 cm³/mol. The Morgan fingerprint density at radius 1 is 1.29 bits per heavy atom. The van der Waals surface area contributed by atoms with E-state index in [9.17, 15) is 4.79 Å². The number of hydrogen-bond acceptors (Lipinski definition) is 3. The highest BCUT2D eigenvalue weighted by molar-refractivity contribution is 7.10. The van der Waals surface area contributed by atoms with Crippen molar-refractivity contribution in [2.45, 2.75) is 33.4 Å². The van der Waals surface area contributed by atoms with Gasteiger partial charge in [0.25, 0.3) is 0 Å². The zero-order chi connectivity index (χ0) is 15.5. The number of hydrogen-bond donors (Lipinski definition) is 2. The molecule has 1 aromatic carbocycles. The largest absolute Gasteiger partial charge is 0.366 e. The van der Waals surface area contributed by atoms with E-state index in [0.29, 0.717) is 5.56 Å². The number of thiophene rings is 1. The van der Waals surface area contributed by atoms with E-state index in [1.165, 1.54) is 5.56 Å². The first-order valence-corrected chi connectivity index (χ1v) is 7.91. The molecule has 2 rings (SSSR count). The molecule has 0 radical (unpaired) electrons. The maximum Gasteiger partial charge on any atom is 0.249 e. The highest BCUT2D eigenvalue weighted by Crippen LogP contribution is 2.33. The van der Waals surface area contributed by atoms with Crippen LogP contribution in [0.25, 0.3) is 0 Å². The molecule has 21 heavy (non-hydrogen) atoms. The first-order valence-electron chi connectivity index (χ1n) is 7.03. The normalized spacial score (nSPS) is 13.1. The average molecular weight is 302 g/mol. The molecule has 0 aliphatic rings. The molecule has 0 aliphatic heterocycles. The van der Waals surface area contributed by atoms with Crippen molar-refractivity contribution >= 4 is 17.2 Å². The van der Waals surface area contributed by atoms with Crippen LogP contribution >= 0.6 is 11.3 Å². The van der Waals surface area contributed by atoms with Crippen LogP contribution in [0.15, 0.2) is 41.8 Å². The summed E-state index contributed by atoms with van der Waals surface area (Å²) in [5, 5.41) is 5.42. The Kier molecular flexibility index (Phi) is 4.80. The van der Waals surface area contributed by atoms with Gasteiger partial charge >= 0.3 is 0 Å². The fraction of sp³-hybridized carbons (Fsp3) is 0.353. The Morgan fingerprint density at radius 3 is 2.48 bits per heavy atom. The molecular formula is C17H22N2OS. The number of benzene rings is 1. The van der Waals surface area contributed by atoms with Crippen LogP contribution in [0.1, 0.15) is 47.6 Å². The van der Waals surface area contributed by atoms with Gasteiger partial charge in [0.2, 0.25) is 5.91 Å². The predicted octanol–water partition coefficient (Wildman–Crippen LogP) is 3.72. The van der Waals surface area contributed by atoms with Crippen molar-refractivity contribution in [3.05, 3.63) is 57.8 Å². The van der Waals surface area contributed by atoms with Crippen molar-refractivity contribution in [3.8, 4) is 0 Å². The van der Waals surface area contributed by atoms with Crippen LogP contribution in [0.4, 0.5) is 0 Å². The van der Waals surface area contributed by atoms with Crippen molar-refractivity contribution in [3.63, 3.8) is 0 Å². The number of carbonyl (C=O) groups is 1. The second kappa shape index (κ2) is 6.41. The Balaban J connectivity index is 2.11. The minimum Gasteiger partial charge on any atom is -0.366 e. The van der Waals surface area contributed by atoms with E-state index in [1.807, 2.05) is 17.5 Å². The molecule has 0 aliphatic carbocycles. The zero-order valence-corrected chi connectivity index (χ0v) is 13.5. The van der Waals surface area contributed by atoms with Crippen LogP contribution in [-0.2, 0) is 6.54 Å². The van der Waals surface area contributed by atoms with Crippen LogP contribution in [0, 0.1) is 5.41 Å². The van der Waals surface area contributed by atoms with Gasteiger partial charge in [-0.3, -0.25) is 4.79 Å². The SMILES string of the molecule is CC(C)(C)C(NCc1cc(C(N)=O)cs1)c1ccccc1. The molecule has 2 aromatic rings. The topological polar surface area (TPSA) is 55.1 Å². The van der Waals surface area contributed by atoms with Gasteiger partial charge < -0.3 is 11.1 Å². The van der Waals surface area contributed by atoms with Crippen molar-refractivity contribution in [2.75, 3.05) is 0 Å². The maximum absolute atomic E-state index is 11.1. The molecule has 0 fully saturated rings. The van der Waals surface area contributed by atoms with Gasteiger partial charge in [-0.25, -0.2) is 0 Å². The highest BCUT2D eigenvalue weighted by atomic mass is 32.1. The lowest BCUT2D eigenvalue weighted by molar-refractivity contribution is 0.100. The Hall–Kier alpha value is -1.65. The molecule has 1 atom stereocenters. The third-order valence-corrected chi connectivity index (χ3v) is 4.35. The van der Waals surface area contributed by atoms with Crippen LogP contribution in [0.3, 0.4) is 0 Å². The quantitative estimate of drug-likeness (QED) is 0.884. The first kappa shape index (κ1) is 15.7. The van der Waals surface area contributed by atoms with Gasteiger partial charge in [0.1, 0.15) is 0 Å². The summed E-state index contributed by atoms with van der Waals surface area (Å²) in [6.45, 7) is 7.40. The molecule has 0 bridgehead atoms. The van der Waals surface area contributed by atoms with Crippen molar-refractivity contribution in [1.29, 1.82) is 0 Å². The van der Waals surface area contributed by atoms with E-state index < -0.39 is 0 Å². The number of amides is 1. The summed E-state index contributed by atoms with van der Waals surface area (Å²) in [6, 6.07) is 12.6. The number of carbonyl (C=O) groups excluding carboxylic acids is 1. The molecule has 1 heterocycles. The summed E-state index contributed by atoms with van der Waals surface area (Å²) < 4.78 is 0. The van der Waals surface area contributed by atoms with Crippen LogP contribution in [0.5, 0.6) is 0 Å². The van der Waals surface area contributed by atoms with Gasteiger partial charge in [0, 0.05) is 22.8 Å². The zero-order valence-electron chi connectivity index (χ0n) is 12.7. The number of nitrogens with two attached hydrogens (primary N) is 1. The van der Waals surface area contributed by atoms with E-state index in [1.54, 1.807) is 11.3 Å². The van der Waals surface area contributed by atoms with Crippen molar-refractivity contribution in [2.24, 2.45) is 11.1 Å². The maximum atomic E-state index is 11.1. The van der Waals surface area contributed by atoms with E-state index in [0.717, 1.165) is 11.4 Å². The molecule has 4 heteroatoms. The molecular weight excluding hydrogens is 280 g/mol. The van der Waals surface area contributed by atoms with E-state index in [4.69, 9.17) is 5.73 Å². The van der Waals surface area contributed by atoms with Gasteiger partial charge in [-0.1, -0.05) is 51.1 Å². The fourth-order valence-electron chi connectivity index (χ4n) is 2.37. The van der Waals surface area contributed by atoms with Gasteiger partial charge in [-0.15, -0.1) is 11.3 Å². The van der Waals surface area contributed by atoms with Crippen molar-refractivity contribution < 1.29 is 4.79 Å². The monoisotopic (exact) mass is 302 g/mol. The lowest BCUT2D eigenvalue weighted by Gasteiger charge is -2.32. The molecule has 112 valence electrons. The molecule has 1 aromatic heterocycles. The van der Waals surface area contributed by atoms with E-state index in [2.05, 4.69) is 50.4 Å². The molecule has 3 nitrogen and oxygen atoms in total. The smallest absolute Gasteiger partial charge is 0.249 e. The molecule has 0 saturated heterocycles. The molecule has 1 unspecified atom stereocenters. The van der Waals surface area contributed by atoms with E-state index in [-0.39, 0.29) is 17.4 Å². The minimum absolute atomic E-state index is 0.102. The summed E-state index contributed by atoms with van der Waals surface area (Å²) in [7, 11) is 0. The minimum atomic E-state index is -0.368. The van der Waals surface area contributed by atoms with Crippen molar-refractivity contribution in [1.82, 2.24) is 5.32 Å². The van der Waals surface area contributed by atoms with Crippen LogP contribution < -0.4 is 11.1 Å². The standard InChI is InChI=1S/C17H22N2OS/c1-17(2,3)15(12-7-5-4-6-8-12)19-10-14-9-13(11-21-14)16(18)20/h4-9,11,15,19H,10H2,1-3H3,(H2,18,20). The Morgan fingerprint density at radius 2 is 1.95 bits per heavy atom. The summed E-state index contributed by atoms with van der Waals surface area (Å²) in [5.74, 6) is -0.368. The second-order valence-electron chi connectivity index (χ2n) is 6.26. The Labute approximate surface area is 130 Å². The molecule has 0 saturated carbocycles. The molecule has 0 spiro atoms. The van der Waals surface area contributed by atoms with Gasteiger partial charge in [0.05, 0.1) is 5.56 Å². The number of nitrogens with one attached hydrogen (secondary N) is 1. The first-order chi connectivity index (χ1) is 9.88. The number of rotatable bonds is 5. The summed E-state index contributed by atoms with van der Waals surface area (Å²) in [5.41, 5.74) is 7.25. The van der Waals surface area contributed by atoms with Gasteiger partial charge in [-0.2, -0.15) is 0 Å². The lowest BCUT2D eigenvalue weighted by atomic mass is 9.82. The third kappa shape index (κ3) is 4.16. The lowest BCUT2D eigenvalue weighted by Crippen LogP contribution is -2.31. The average Bonchev–Trinajstić information content (AvgIpc) is 2.88.